The molecule has 0 aliphatic heterocycles. The SMILES string of the molecule is Cc1nn(C)cc1-n1c(C)c(CC(=O)O)c(C)nc1=O. The molecule has 0 atom stereocenters. The standard InChI is InChI=1S/C13H16N4O3/c1-7-10(5-12(18)19)9(3)17(13(20)14-7)11-6-16(4)15-8(11)2/h6H,5H2,1-4H3,(H,18,19). The first kappa shape index (κ1) is 14.0. The van der Waals surface area contributed by atoms with E-state index in [-0.39, 0.29) is 6.42 Å². The van der Waals surface area contributed by atoms with Gasteiger partial charge in [-0.05, 0) is 20.8 Å². The minimum atomic E-state index is -0.953. The topological polar surface area (TPSA) is 90.0 Å². The van der Waals surface area contributed by atoms with Gasteiger partial charge in [0.05, 0.1) is 17.8 Å². The number of hydrogen-bond donors (Lipinski definition) is 1. The molecule has 0 saturated carbocycles. The number of aliphatic carboxylic acids is 1. The summed E-state index contributed by atoms with van der Waals surface area (Å²) in [4.78, 5) is 27.0. The molecule has 1 N–H and O–H groups in total. The largest absolute Gasteiger partial charge is 0.481 e. The van der Waals surface area contributed by atoms with Crippen LogP contribution in [-0.2, 0) is 18.3 Å². The van der Waals surface area contributed by atoms with Crippen LogP contribution in [0.2, 0.25) is 0 Å². The summed E-state index contributed by atoms with van der Waals surface area (Å²) >= 11 is 0. The molecule has 2 aromatic rings. The highest BCUT2D eigenvalue weighted by Crippen LogP contribution is 2.16. The van der Waals surface area contributed by atoms with Crippen LogP contribution in [0.4, 0.5) is 0 Å². The van der Waals surface area contributed by atoms with E-state index in [9.17, 15) is 9.59 Å². The molecule has 0 saturated heterocycles. The number of rotatable bonds is 3. The van der Waals surface area contributed by atoms with Crippen molar-refractivity contribution in [3.63, 3.8) is 0 Å². The van der Waals surface area contributed by atoms with Crippen molar-refractivity contribution in [2.75, 3.05) is 0 Å². The van der Waals surface area contributed by atoms with Crippen LogP contribution >= 0.6 is 0 Å². The Morgan fingerprint density at radius 3 is 2.45 bits per heavy atom. The monoisotopic (exact) mass is 276 g/mol. The zero-order valence-electron chi connectivity index (χ0n) is 11.8. The van der Waals surface area contributed by atoms with E-state index in [2.05, 4.69) is 10.1 Å². The van der Waals surface area contributed by atoms with Gasteiger partial charge < -0.3 is 5.11 Å². The van der Waals surface area contributed by atoms with Crippen LogP contribution in [0.5, 0.6) is 0 Å². The van der Waals surface area contributed by atoms with Crippen LogP contribution in [0.25, 0.3) is 5.69 Å². The van der Waals surface area contributed by atoms with Gasteiger partial charge in [0.2, 0.25) is 0 Å². The number of nitrogens with zero attached hydrogens (tertiary/aromatic N) is 4. The fourth-order valence-corrected chi connectivity index (χ4v) is 2.30. The van der Waals surface area contributed by atoms with Crippen molar-refractivity contribution < 1.29 is 9.90 Å². The Kier molecular flexibility index (Phi) is 3.44. The predicted octanol–water partition coefficient (Wildman–Crippen LogP) is 0.518. The van der Waals surface area contributed by atoms with Crippen molar-refractivity contribution in [3.8, 4) is 5.69 Å². The van der Waals surface area contributed by atoms with Crippen molar-refractivity contribution in [3.05, 3.63) is 39.3 Å². The number of aryl methyl sites for hydroxylation is 3. The van der Waals surface area contributed by atoms with Crippen LogP contribution in [-0.4, -0.2) is 30.4 Å². The summed E-state index contributed by atoms with van der Waals surface area (Å²) < 4.78 is 3.01. The molecule has 106 valence electrons. The smallest absolute Gasteiger partial charge is 0.352 e. The van der Waals surface area contributed by atoms with E-state index in [1.807, 2.05) is 0 Å². The van der Waals surface area contributed by atoms with Gasteiger partial charge in [0.1, 0.15) is 0 Å². The maximum atomic E-state index is 12.1. The molecule has 0 bridgehead atoms. The molecule has 0 spiro atoms. The number of carboxylic acids is 1. The second kappa shape index (κ2) is 4.92. The molecule has 2 aromatic heterocycles. The summed E-state index contributed by atoms with van der Waals surface area (Å²) in [6.45, 7) is 5.16. The fourth-order valence-electron chi connectivity index (χ4n) is 2.30. The van der Waals surface area contributed by atoms with Crippen molar-refractivity contribution in [2.45, 2.75) is 27.2 Å². The van der Waals surface area contributed by atoms with Gasteiger partial charge in [-0.2, -0.15) is 10.1 Å². The third-order valence-corrected chi connectivity index (χ3v) is 3.22. The predicted molar refractivity (Wildman–Crippen MR) is 72.2 cm³/mol. The Morgan fingerprint density at radius 2 is 1.95 bits per heavy atom. The lowest BCUT2D eigenvalue weighted by Crippen LogP contribution is -2.27. The maximum Gasteiger partial charge on any atom is 0.352 e. The van der Waals surface area contributed by atoms with E-state index in [0.29, 0.717) is 28.3 Å². The number of hydrogen-bond acceptors (Lipinski definition) is 4. The molecule has 0 unspecified atom stereocenters. The molecule has 2 rings (SSSR count). The molecule has 20 heavy (non-hydrogen) atoms. The van der Waals surface area contributed by atoms with Gasteiger partial charge in [0.25, 0.3) is 0 Å². The molecule has 0 fully saturated rings. The number of aromatic nitrogens is 4. The zero-order chi connectivity index (χ0) is 15.0. The van der Waals surface area contributed by atoms with Crippen molar-refractivity contribution >= 4 is 5.97 Å². The molecule has 0 amide bonds. The van der Waals surface area contributed by atoms with Crippen LogP contribution in [0.15, 0.2) is 11.0 Å². The van der Waals surface area contributed by atoms with E-state index < -0.39 is 11.7 Å². The minimum absolute atomic E-state index is 0.162. The lowest BCUT2D eigenvalue weighted by Gasteiger charge is -2.13. The minimum Gasteiger partial charge on any atom is -0.481 e. The average molecular weight is 276 g/mol. The Balaban J connectivity index is 2.74. The number of carboxylic acid groups (broad SMARTS) is 1. The van der Waals surface area contributed by atoms with Crippen LogP contribution in [0.3, 0.4) is 0 Å². The summed E-state index contributed by atoms with van der Waals surface area (Å²) in [7, 11) is 1.76. The van der Waals surface area contributed by atoms with Gasteiger partial charge in [0.15, 0.2) is 0 Å². The number of carbonyl (C=O) groups is 1. The Bertz CT molecular complexity index is 743. The molecule has 7 nitrogen and oxygen atoms in total. The fraction of sp³-hybridized carbons (Fsp3) is 0.385. The second-order valence-electron chi connectivity index (χ2n) is 4.72. The molecule has 0 aromatic carbocycles. The van der Waals surface area contributed by atoms with E-state index in [4.69, 9.17) is 5.11 Å². The van der Waals surface area contributed by atoms with E-state index in [0.717, 1.165) is 0 Å². The molecule has 2 heterocycles. The van der Waals surface area contributed by atoms with E-state index in [1.165, 1.54) is 4.57 Å². The first-order valence-corrected chi connectivity index (χ1v) is 6.12. The lowest BCUT2D eigenvalue weighted by atomic mass is 10.1. The third kappa shape index (κ3) is 2.34. The van der Waals surface area contributed by atoms with Gasteiger partial charge in [-0.3, -0.25) is 14.0 Å². The summed E-state index contributed by atoms with van der Waals surface area (Å²) in [6, 6.07) is 0. The highest BCUT2D eigenvalue weighted by atomic mass is 16.4. The highest BCUT2D eigenvalue weighted by Gasteiger charge is 2.17. The Labute approximate surface area is 115 Å². The molecular formula is C13H16N4O3. The summed E-state index contributed by atoms with van der Waals surface area (Å²) in [5.41, 5.74) is 2.47. The Hall–Kier alpha value is -2.44. The average Bonchev–Trinajstić information content (AvgIpc) is 2.63. The molecule has 0 radical (unpaired) electrons. The molecule has 7 heteroatoms. The normalized spacial score (nSPS) is 10.8. The van der Waals surface area contributed by atoms with E-state index in [1.54, 1.807) is 38.7 Å². The summed E-state index contributed by atoms with van der Waals surface area (Å²) in [5.74, 6) is -0.953. The zero-order valence-corrected chi connectivity index (χ0v) is 11.8. The van der Waals surface area contributed by atoms with Gasteiger partial charge in [0, 0.05) is 30.2 Å². The van der Waals surface area contributed by atoms with Crippen molar-refractivity contribution in [1.82, 2.24) is 19.3 Å². The first-order valence-electron chi connectivity index (χ1n) is 6.12. The highest BCUT2D eigenvalue weighted by molar-refractivity contribution is 5.71. The van der Waals surface area contributed by atoms with Crippen molar-refractivity contribution in [2.24, 2.45) is 7.05 Å². The lowest BCUT2D eigenvalue weighted by molar-refractivity contribution is -0.136. The first-order chi connectivity index (χ1) is 9.31. The maximum absolute atomic E-state index is 12.1. The van der Waals surface area contributed by atoms with Crippen LogP contribution in [0.1, 0.15) is 22.6 Å². The quantitative estimate of drug-likeness (QED) is 0.882. The van der Waals surface area contributed by atoms with Gasteiger partial charge in [-0.1, -0.05) is 0 Å². The van der Waals surface area contributed by atoms with Gasteiger partial charge in [-0.15, -0.1) is 0 Å². The summed E-state index contributed by atoms with van der Waals surface area (Å²) in [5, 5.41) is 13.2. The van der Waals surface area contributed by atoms with Gasteiger partial charge in [-0.25, -0.2) is 4.79 Å². The van der Waals surface area contributed by atoms with Crippen molar-refractivity contribution in [1.29, 1.82) is 0 Å². The Morgan fingerprint density at radius 1 is 1.30 bits per heavy atom. The second-order valence-corrected chi connectivity index (χ2v) is 4.72. The van der Waals surface area contributed by atoms with Gasteiger partial charge >= 0.3 is 11.7 Å². The molecule has 0 aliphatic rings. The third-order valence-electron chi connectivity index (χ3n) is 3.22. The van der Waals surface area contributed by atoms with Crippen LogP contribution < -0.4 is 5.69 Å². The molecule has 0 aliphatic carbocycles. The molecular weight excluding hydrogens is 260 g/mol. The van der Waals surface area contributed by atoms with Crippen LogP contribution in [0, 0.1) is 20.8 Å². The summed E-state index contributed by atoms with van der Waals surface area (Å²) in [6.07, 6.45) is 1.55. The van der Waals surface area contributed by atoms with E-state index >= 15 is 0 Å².